The van der Waals surface area contributed by atoms with Crippen LogP contribution in [0.2, 0.25) is 0 Å². The van der Waals surface area contributed by atoms with Crippen LogP contribution in [0.4, 0.5) is 0 Å². The van der Waals surface area contributed by atoms with E-state index in [1.165, 1.54) is 5.56 Å². The second-order valence-electron chi connectivity index (χ2n) is 6.82. The molecule has 0 atom stereocenters. The lowest BCUT2D eigenvalue weighted by Crippen LogP contribution is -2.22. The quantitative estimate of drug-likeness (QED) is 0.534. The highest BCUT2D eigenvalue weighted by molar-refractivity contribution is 5.76. The molecule has 0 heterocycles. The van der Waals surface area contributed by atoms with Gasteiger partial charge < -0.3 is 14.8 Å². The molecule has 1 amide bonds. The van der Waals surface area contributed by atoms with Gasteiger partial charge in [0, 0.05) is 13.0 Å². The fraction of sp³-hybridized carbons (Fsp3) is 0.192. The second kappa shape index (κ2) is 10.7. The van der Waals surface area contributed by atoms with Crippen molar-refractivity contribution >= 4 is 5.91 Å². The summed E-state index contributed by atoms with van der Waals surface area (Å²) in [5.74, 6) is 3.65. The first kappa shape index (κ1) is 21.0. The minimum absolute atomic E-state index is 0.00811. The molecule has 0 aliphatic carbocycles. The number of methoxy groups -OCH3 is 1. The van der Waals surface area contributed by atoms with Gasteiger partial charge in [0.05, 0.1) is 7.11 Å². The topological polar surface area (TPSA) is 47.6 Å². The van der Waals surface area contributed by atoms with Crippen molar-refractivity contribution in [1.29, 1.82) is 0 Å². The predicted octanol–water partition coefficient (Wildman–Crippen LogP) is 4.62. The Hall–Kier alpha value is -3.71. The first-order valence-corrected chi connectivity index (χ1v) is 9.84. The number of hydrogen-bond acceptors (Lipinski definition) is 3. The summed E-state index contributed by atoms with van der Waals surface area (Å²) in [6.07, 6.45) is 6.24. The summed E-state index contributed by atoms with van der Waals surface area (Å²) < 4.78 is 10.8. The standard InChI is InChI=1S/C26H25NO3/c1-3-17-30-24-15-11-20(18-25(24)29-2)12-16-26(28)27-19-21-9-13-23(14-10-21)22-7-5-4-6-8-22/h1,4-11,13-15,18H,12,16-17,19H2,2H3,(H,27,28). The molecular formula is C26H25NO3. The molecule has 3 rings (SSSR count). The van der Waals surface area contributed by atoms with E-state index in [2.05, 4.69) is 35.5 Å². The fourth-order valence-electron chi connectivity index (χ4n) is 3.10. The first-order valence-electron chi connectivity index (χ1n) is 9.84. The molecule has 0 aliphatic rings. The number of terminal acetylenes is 1. The van der Waals surface area contributed by atoms with E-state index in [9.17, 15) is 4.79 Å². The molecule has 0 unspecified atom stereocenters. The van der Waals surface area contributed by atoms with E-state index in [-0.39, 0.29) is 12.5 Å². The molecule has 0 saturated heterocycles. The largest absolute Gasteiger partial charge is 0.493 e. The summed E-state index contributed by atoms with van der Waals surface area (Å²) in [6, 6.07) is 24.1. The molecule has 0 aliphatic heterocycles. The van der Waals surface area contributed by atoms with Crippen LogP contribution in [0.5, 0.6) is 11.5 Å². The molecule has 3 aromatic rings. The zero-order chi connectivity index (χ0) is 21.2. The molecule has 0 bridgehead atoms. The van der Waals surface area contributed by atoms with Crippen molar-refractivity contribution in [3.05, 3.63) is 83.9 Å². The van der Waals surface area contributed by atoms with Crippen molar-refractivity contribution in [2.45, 2.75) is 19.4 Å². The van der Waals surface area contributed by atoms with Crippen molar-refractivity contribution in [2.75, 3.05) is 13.7 Å². The molecule has 0 spiro atoms. The van der Waals surface area contributed by atoms with Crippen molar-refractivity contribution in [3.63, 3.8) is 0 Å². The molecule has 1 N–H and O–H groups in total. The van der Waals surface area contributed by atoms with Crippen LogP contribution >= 0.6 is 0 Å². The molecule has 4 nitrogen and oxygen atoms in total. The summed E-state index contributed by atoms with van der Waals surface area (Å²) in [7, 11) is 1.58. The highest BCUT2D eigenvalue weighted by Crippen LogP contribution is 2.28. The van der Waals surface area contributed by atoms with Gasteiger partial charge in [-0.2, -0.15) is 0 Å². The third kappa shape index (κ3) is 5.89. The third-order valence-electron chi connectivity index (χ3n) is 4.73. The summed E-state index contributed by atoms with van der Waals surface area (Å²) in [6.45, 7) is 0.695. The van der Waals surface area contributed by atoms with Crippen LogP contribution < -0.4 is 14.8 Å². The van der Waals surface area contributed by atoms with Crippen LogP contribution in [0.25, 0.3) is 11.1 Å². The van der Waals surface area contributed by atoms with Gasteiger partial charge in [-0.1, -0.05) is 66.6 Å². The summed E-state index contributed by atoms with van der Waals surface area (Å²) in [5, 5.41) is 2.98. The molecule has 0 saturated carbocycles. The maximum absolute atomic E-state index is 12.3. The number of carbonyl (C=O) groups is 1. The molecule has 4 heteroatoms. The van der Waals surface area contributed by atoms with Gasteiger partial charge in [-0.3, -0.25) is 4.79 Å². The Bertz CT molecular complexity index is 1000. The lowest BCUT2D eigenvalue weighted by atomic mass is 10.0. The highest BCUT2D eigenvalue weighted by atomic mass is 16.5. The number of rotatable bonds is 9. The molecule has 0 radical (unpaired) electrons. The monoisotopic (exact) mass is 399 g/mol. The average molecular weight is 399 g/mol. The van der Waals surface area contributed by atoms with Crippen molar-refractivity contribution in [3.8, 4) is 35.0 Å². The Labute approximate surface area is 177 Å². The number of hydrogen-bond donors (Lipinski definition) is 1. The van der Waals surface area contributed by atoms with Crippen LogP contribution in [0, 0.1) is 12.3 Å². The molecule has 152 valence electrons. The summed E-state index contributed by atoms with van der Waals surface area (Å²) >= 11 is 0. The summed E-state index contributed by atoms with van der Waals surface area (Å²) in [5.41, 5.74) is 4.41. The van der Waals surface area contributed by atoms with E-state index in [1.54, 1.807) is 7.11 Å². The zero-order valence-corrected chi connectivity index (χ0v) is 17.1. The lowest BCUT2D eigenvalue weighted by molar-refractivity contribution is -0.121. The predicted molar refractivity (Wildman–Crippen MR) is 119 cm³/mol. The average Bonchev–Trinajstić information content (AvgIpc) is 2.81. The van der Waals surface area contributed by atoms with Gasteiger partial charge in [-0.15, -0.1) is 6.42 Å². The maximum Gasteiger partial charge on any atom is 0.220 e. The number of amides is 1. The minimum atomic E-state index is 0.00811. The zero-order valence-electron chi connectivity index (χ0n) is 17.1. The van der Waals surface area contributed by atoms with E-state index < -0.39 is 0 Å². The van der Waals surface area contributed by atoms with Crippen molar-refractivity contribution in [2.24, 2.45) is 0 Å². The maximum atomic E-state index is 12.3. The van der Waals surface area contributed by atoms with E-state index in [1.807, 2.05) is 48.5 Å². The van der Waals surface area contributed by atoms with E-state index >= 15 is 0 Å². The number of ether oxygens (including phenoxy) is 2. The van der Waals surface area contributed by atoms with E-state index in [4.69, 9.17) is 15.9 Å². The first-order chi connectivity index (χ1) is 14.7. The molecule has 0 fully saturated rings. The van der Waals surface area contributed by atoms with Gasteiger partial charge in [0.15, 0.2) is 11.5 Å². The number of carbonyl (C=O) groups excluding carboxylic acids is 1. The van der Waals surface area contributed by atoms with Gasteiger partial charge >= 0.3 is 0 Å². The number of benzene rings is 3. The second-order valence-corrected chi connectivity index (χ2v) is 6.82. The fourth-order valence-corrected chi connectivity index (χ4v) is 3.10. The molecule has 3 aromatic carbocycles. The van der Waals surface area contributed by atoms with E-state index in [0.717, 1.165) is 16.7 Å². The Balaban J connectivity index is 1.48. The SMILES string of the molecule is C#CCOc1ccc(CCC(=O)NCc2ccc(-c3ccccc3)cc2)cc1OC. The Kier molecular flexibility index (Phi) is 7.51. The van der Waals surface area contributed by atoms with Gasteiger partial charge in [0.25, 0.3) is 0 Å². The molecular weight excluding hydrogens is 374 g/mol. The normalized spacial score (nSPS) is 10.1. The van der Waals surface area contributed by atoms with Gasteiger partial charge in [0.1, 0.15) is 6.61 Å². The Morgan fingerprint density at radius 1 is 0.933 bits per heavy atom. The molecule has 0 aromatic heterocycles. The van der Waals surface area contributed by atoms with Crippen molar-refractivity contribution < 1.29 is 14.3 Å². The number of aryl methyl sites for hydroxylation is 1. The number of nitrogens with one attached hydrogen (secondary N) is 1. The molecule has 30 heavy (non-hydrogen) atoms. The van der Waals surface area contributed by atoms with Crippen LogP contribution in [0.15, 0.2) is 72.8 Å². The van der Waals surface area contributed by atoms with Gasteiger partial charge in [-0.05, 0) is 40.8 Å². The third-order valence-corrected chi connectivity index (χ3v) is 4.73. The smallest absolute Gasteiger partial charge is 0.220 e. The lowest BCUT2D eigenvalue weighted by Gasteiger charge is -2.11. The minimum Gasteiger partial charge on any atom is -0.493 e. The van der Waals surface area contributed by atoms with Crippen LogP contribution in [-0.2, 0) is 17.8 Å². The van der Waals surface area contributed by atoms with Crippen LogP contribution in [0.3, 0.4) is 0 Å². The van der Waals surface area contributed by atoms with Crippen LogP contribution in [-0.4, -0.2) is 19.6 Å². The van der Waals surface area contributed by atoms with E-state index in [0.29, 0.717) is 30.9 Å². The van der Waals surface area contributed by atoms with Crippen LogP contribution in [0.1, 0.15) is 17.5 Å². The van der Waals surface area contributed by atoms with Gasteiger partial charge in [-0.25, -0.2) is 0 Å². The summed E-state index contributed by atoms with van der Waals surface area (Å²) in [4.78, 5) is 12.3. The highest BCUT2D eigenvalue weighted by Gasteiger charge is 2.08. The Morgan fingerprint density at radius 3 is 2.33 bits per heavy atom. The van der Waals surface area contributed by atoms with Gasteiger partial charge in [0.2, 0.25) is 5.91 Å². The Morgan fingerprint density at radius 2 is 1.63 bits per heavy atom. The van der Waals surface area contributed by atoms with Crippen molar-refractivity contribution in [1.82, 2.24) is 5.32 Å².